The number of hydrogen-bond donors (Lipinski definition) is 1. The average molecular weight is 240 g/mol. The zero-order valence-corrected chi connectivity index (χ0v) is 9.87. The molecule has 0 aliphatic heterocycles. The lowest BCUT2D eigenvalue weighted by atomic mass is 9.91. The Morgan fingerprint density at radius 1 is 1.62 bits per heavy atom. The van der Waals surface area contributed by atoms with Gasteiger partial charge in [-0.2, -0.15) is 0 Å². The SMILES string of the molecule is CN(C(=O)c1cnc(N)c(Cl)c1)C1CCC1. The summed E-state index contributed by atoms with van der Waals surface area (Å²) in [5.74, 6) is 0.212. The van der Waals surface area contributed by atoms with Crippen LogP contribution in [0.15, 0.2) is 12.3 Å². The Morgan fingerprint density at radius 3 is 2.81 bits per heavy atom. The van der Waals surface area contributed by atoms with Crippen molar-refractivity contribution in [2.24, 2.45) is 0 Å². The number of carbonyl (C=O) groups is 1. The molecule has 0 spiro atoms. The predicted molar refractivity (Wildman–Crippen MR) is 63.4 cm³/mol. The number of amides is 1. The van der Waals surface area contributed by atoms with Crippen molar-refractivity contribution in [3.8, 4) is 0 Å². The monoisotopic (exact) mass is 239 g/mol. The van der Waals surface area contributed by atoms with E-state index in [1.807, 2.05) is 7.05 Å². The van der Waals surface area contributed by atoms with E-state index in [4.69, 9.17) is 17.3 Å². The van der Waals surface area contributed by atoms with E-state index >= 15 is 0 Å². The van der Waals surface area contributed by atoms with E-state index in [1.54, 1.807) is 11.0 Å². The summed E-state index contributed by atoms with van der Waals surface area (Å²) in [4.78, 5) is 17.7. The second kappa shape index (κ2) is 4.29. The van der Waals surface area contributed by atoms with Gasteiger partial charge in [0.15, 0.2) is 0 Å². The molecule has 86 valence electrons. The first-order valence-electron chi connectivity index (χ1n) is 5.28. The zero-order valence-electron chi connectivity index (χ0n) is 9.11. The van der Waals surface area contributed by atoms with E-state index < -0.39 is 0 Å². The molecule has 0 radical (unpaired) electrons. The molecular weight excluding hydrogens is 226 g/mol. The number of pyridine rings is 1. The number of nitrogen functional groups attached to an aromatic ring is 1. The molecule has 0 bridgehead atoms. The Labute approximate surface area is 99.4 Å². The number of rotatable bonds is 2. The summed E-state index contributed by atoms with van der Waals surface area (Å²) < 4.78 is 0. The third kappa shape index (κ3) is 1.97. The van der Waals surface area contributed by atoms with Crippen molar-refractivity contribution in [2.45, 2.75) is 25.3 Å². The molecule has 2 N–H and O–H groups in total. The minimum absolute atomic E-state index is 0.0425. The van der Waals surface area contributed by atoms with Crippen molar-refractivity contribution in [1.29, 1.82) is 0 Å². The van der Waals surface area contributed by atoms with Crippen molar-refractivity contribution in [1.82, 2.24) is 9.88 Å². The summed E-state index contributed by atoms with van der Waals surface area (Å²) in [7, 11) is 1.82. The van der Waals surface area contributed by atoms with Gasteiger partial charge in [-0.1, -0.05) is 11.6 Å². The molecule has 1 amide bonds. The molecule has 0 aromatic carbocycles. The molecule has 1 aliphatic rings. The summed E-state index contributed by atoms with van der Waals surface area (Å²) in [5.41, 5.74) is 5.99. The number of carbonyl (C=O) groups excluding carboxylic acids is 1. The molecule has 1 aromatic heterocycles. The Bertz CT molecular complexity index is 418. The highest BCUT2D eigenvalue weighted by Crippen LogP contribution is 2.25. The molecule has 1 heterocycles. The molecule has 1 aromatic rings. The summed E-state index contributed by atoms with van der Waals surface area (Å²) in [5, 5.41) is 0.327. The van der Waals surface area contributed by atoms with Crippen molar-refractivity contribution < 1.29 is 4.79 Å². The van der Waals surface area contributed by atoms with Gasteiger partial charge in [-0.3, -0.25) is 4.79 Å². The number of nitrogens with two attached hydrogens (primary N) is 1. The first-order chi connectivity index (χ1) is 7.59. The second-order valence-corrected chi connectivity index (χ2v) is 4.50. The molecule has 2 rings (SSSR count). The van der Waals surface area contributed by atoms with Gasteiger partial charge in [-0.15, -0.1) is 0 Å². The lowest BCUT2D eigenvalue weighted by Gasteiger charge is -2.34. The molecule has 0 atom stereocenters. The van der Waals surface area contributed by atoms with Gasteiger partial charge in [-0.05, 0) is 25.3 Å². The van der Waals surface area contributed by atoms with Crippen LogP contribution in [-0.2, 0) is 0 Å². The summed E-state index contributed by atoms with van der Waals surface area (Å²) in [6.07, 6.45) is 4.83. The smallest absolute Gasteiger partial charge is 0.255 e. The molecular formula is C11H14ClN3O. The largest absolute Gasteiger partial charge is 0.382 e. The predicted octanol–water partition coefficient (Wildman–Crippen LogP) is 1.94. The van der Waals surface area contributed by atoms with Gasteiger partial charge < -0.3 is 10.6 Å². The van der Waals surface area contributed by atoms with Gasteiger partial charge in [0.25, 0.3) is 5.91 Å². The average Bonchev–Trinajstić information content (AvgIpc) is 2.18. The molecule has 5 heteroatoms. The number of nitrogens with zero attached hydrogens (tertiary/aromatic N) is 2. The molecule has 1 aliphatic carbocycles. The first-order valence-corrected chi connectivity index (χ1v) is 5.65. The van der Waals surface area contributed by atoms with Crippen LogP contribution >= 0.6 is 11.6 Å². The highest BCUT2D eigenvalue weighted by molar-refractivity contribution is 6.33. The highest BCUT2D eigenvalue weighted by Gasteiger charge is 2.26. The fourth-order valence-corrected chi connectivity index (χ4v) is 1.88. The molecule has 16 heavy (non-hydrogen) atoms. The summed E-state index contributed by atoms with van der Waals surface area (Å²) in [6.45, 7) is 0. The maximum Gasteiger partial charge on any atom is 0.255 e. The topological polar surface area (TPSA) is 59.2 Å². The highest BCUT2D eigenvalue weighted by atomic mass is 35.5. The Kier molecular flexibility index (Phi) is 3.01. The molecule has 1 fully saturated rings. The standard InChI is InChI=1S/C11H14ClN3O/c1-15(8-3-2-4-8)11(16)7-5-9(12)10(13)14-6-7/h5-6,8H,2-4H2,1H3,(H2,13,14). The van der Waals surface area contributed by atoms with Crippen LogP contribution in [0.2, 0.25) is 5.02 Å². The number of aromatic nitrogens is 1. The normalized spacial score (nSPS) is 15.6. The Balaban J connectivity index is 2.16. The third-order valence-electron chi connectivity index (χ3n) is 3.06. The summed E-state index contributed by atoms with van der Waals surface area (Å²) >= 11 is 5.83. The maximum atomic E-state index is 12.0. The molecule has 0 unspecified atom stereocenters. The van der Waals surface area contributed by atoms with E-state index in [2.05, 4.69) is 4.98 Å². The van der Waals surface area contributed by atoms with Crippen molar-refractivity contribution >= 4 is 23.3 Å². The minimum Gasteiger partial charge on any atom is -0.382 e. The molecule has 0 saturated heterocycles. The van der Waals surface area contributed by atoms with Crippen molar-refractivity contribution in [3.05, 3.63) is 22.8 Å². The molecule has 1 saturated carbocycles. The van der Waals surface area contributed by atoms with Crippen LogP contribution in [0, 0.1) is 0 Å². The van der Waals surface area contributed by atoms with Gasteiger partial charge in [-0.25, -0.2) is 4.98 Å². The first kappa shape index (κ1) is 11.2. The third-order valence-corrected chi connectivity index (χ3v) is 3.36. The maximum absolute atomic E-state index is 12.0. The van der Waals surface area contributed by atoms with E-state index in [-0.39, 0.29) is 11.7 Å². The van der Waals surface area contributed by atoms with Crippen molar-refractivity contribution in [3.63, 3.8) is 0 Å². The van der Waals surface area contributed by atoms with Gasteiger partial charge >= 0.3 is 0 Å². The Morgan fingerprint density at radius 2 is 2.31 bits per heavy atom. The van der Waals surface area contributed by atoms with Crippen molar-refractivity contribution in [2.75, 3.05) is 12.8 Å². The van der Waals surface area contributed by atoms with E-state index in [9.17, 15) is 4.79 Å². The van der Waals surface area contributed by atoms with Crippen LogP contribution in [0.4, 0.5) is 5.82 Å². The number of anilines is 1. The Hall–Kier alpha value is -1.29. The van der Waals surface area contributed by atoms with Crippen LogP contribution in [0.1, 0.15) is 29.6 Å². The quantitative estimate of drug-likeness (QED) is 0.858. The van der Waals surface area contributed by atoms with Crippen LogP contribution in [0.5, 0.6) is 0 Å². The summed E-state index contributed by atoms with van der Waals surface area (Å²) in [6, 6.07) is 1.94. The number of halogens is 1. The fraction of sp³-hybridized carbons (Fsp3) is 0.455. The molecule has 4 nitrogen and oxygen atoms in total. The van der Waals surface area contributed by atoms with E-state index in [0.717, 1.165) is 12.8 Å². The number of hydrogen-bond acceptors (Lipinski definition) is 3. The van der Waals surface area contributed by atoms with E-state index in [0.29, 0.717) is 16.6 Å². The second-order valence-electron chi connectivity index (χ2n) is 4.09. The van der Waals surface area contributed by atoms with Gasteiger partial charge in [0.1, 0.15) is 5.82 Å². The fourth-order valence-electron chi connectivity index (χ4n) is 1.71. The minimum atomic E-state index is -0.0425. The lowest BCUT2D eigenvalue weighted by Crippen LogP contribution is -2.41. The zero-order chi connectivity index (χ0) is 11.7. The van der Waals surface area contributed by atoms with Gasteiger partial charge in [0.05, 0.1) is 10.6 Å². The van der Waals surface area contributed by atoms with Crippen LogP contribution in [0.3, 0.4) is 0 Å². The van der Waals surface area contributed by atoms with Crippen LogP contribution < -0.4 is 5.73 Å². The van der Waals surface area contributed by atoms with Gasteiger partial charge in [0.2, 0.25) is 0 Å². The van der Waals surface area contributed by atoms with Gasteiger partial charge in [0, 0.05) is 19.3 Å². The van der Waals surface area contributed by atoms with Crippen LogP contribution in [0.25, 0.3) is 0 Å². The van der Waals surface area contributed by atoms with E-state index in [1.165, 1.54) is 12.6 Å². The van der Waals surface area contributed by atoms with Crippen LogP contribution in [-0.4, -0.2) is 28.9 Å². The lowest BCUT2D eigenvalue weighted by molar-refractivity contribution is 0.0651.